The van der Waals surface area contributed by atoms with Gasteiger partial charge in [0.25, 0.3) is 5.79 Å². The maximum absolute atomic E-state index is 12.6. The van der Waals surface area contributed by atoms with Gasteiger partial charge in [0.1, 0.15) is 128 Å². The van der Waals surface area contributed by atoms with Gasteiger partial charge in [0.05, 0.1) is 32.0 Å². The number of ether oxygens (including phenoxy) is 13. The predicted octanol–water partition coefficient (Wildman–Crippen LogP) is -11.1. The standard InChI is InChI=1S/C39H62O32/c1-7-12(42)15(45)18(48)33(61-7)66-26-13(43)10(5-41)63-37(23(26)53)69-29-21(51)32(56)60-8(2)24(29)65-36-22(52)27(14(44)9(4-40)62-36)67-35-20(50)17(47)28(30(70-35)31(54)55)68-34-19(49)16(46)25-11(64-34)6-59-39(3,71-25)38(57)58/h7-30,32-37,40-53,56H,4-6H2,1-3H3,(H,54,55)(H,57,58)/t7-,8-,9+,10+,11+,12+,13+,14-,15+,16+,17+,18-,19+,20+,21-,22+,23+,24+,25-,26-,27-,28-,29-,30-,32-,33-,34-,35+,36-,37-,39?/m0/s1. The summed E-state index contributed by atoms with van der Waals surface area (Å²) in [6.45, 7) is 1.10. The lowest BCUT2D eigenvalue weighted by Crippen LogP contribution is -2.69. The smallest absolute Gasteiger partial charge is 0.364 e. The number of hydrogen-bond acceptors (Lipinski definition) is 30. The fourth-order valence-corrected chi connectivity index (χ4v) is 9.15. The van der Waals surface area contributed by atoms with Gasteiger partial charge < -0.3 is 148 Å². The van der Waals surface area contributed by atoms with Crippen LogP contribution in [0.1, 0.15) is 20.8 Å². The van der Waals surface area contributed by atoms with Gasteiger partial charge in [0.15, 0.2) is 43.8 Å². The lowest BCUT2D eigenvalue weighted by molar-refractivity contribution is -0.403. The largest absolute Gasteiger partial charge is 0.479 e. The molecular formula is C39H62O32. The van der Waals surface area contributed by atoms with Crippen LogP contribution in [0.2, 0.25) is 0 Å². The van der Waals surface area contributed by atoms with Crippen molar-refractivity contribution in [2.75, 3.05) is 19.8 Å². The molecule has 17 N–H and O–H groups in total. The van der Waals surface area contributed by atoms with Crippen molar-refractivity contribution in [3.8, 4) is 0 Å². The Bertz CT molecular complexity index is 1790. The van der Waals surface area contributed by atoms with Crippen molar-refractivity contribution in [2.24, 2.45) is 0 Å². The molecule has 0 aromatic heterocycles. The fourth-order valence-electron chi connectivity index (χ4n) is 9.15. The first-order valence-corrected chi connectivity index (χ1v) is 22.4. The van der Waals surface area contributed by atoms with E-state index in [0.29, 0.717) is 0 Å². The van der Waals surface area contributed by atoms with Gasteiger partial charge in [-0.2, -0.15) is 0 Å². The second-order valence-electron chi connectivity index (χ2n) is 18.2. The van der Waals surface area contributed by atoms with Crippen molar-refractivity contribution in [1.82, 2.24) is 0 Å². The molecule has 0 aliphatic carbocycles. The topological polar surface area (TPSA) is 498 Å². The van der Waals surface area contributed by atoms with Crippen LogP contribution in [0.5, 0.6) is 0 Å². The molecule has 7 fully saturated rings. The van der Waals surface area contributed by atoms with Gasteiger partial charge in [0, 0.05) is 6.92 Å². The Morgan fingerprint density at radius 3 is 1.48 bits per heavy atom. The molecule has 7 rings (SSSR count). The van der Waals surface area contributed by atoms with E-state index in [9.17, 15) is 96.4 Å². The second kappa shape index (κ2) is 22.6. The average molecular weight is 1040 g/mol. The van der Waals surface area contributed by atoms with Crippen molar-refractivity contribution in [3.63, 3.8) is 0 Å². The summed E-state index contributed by atoms with van der Waals surface area (Å²) < 4.78 is 72.3. The highest BCUT2D eigenvalue weighted by Gasteiger charge is 2.60. The third-order valence-electron chi connectivity index (χ3n) is 13.4. The zero-order valence-corrected chi connectivity index (χ0v) is 37.7. The zero-order chi connectivity index (χ0) is 52.3. The molecule has 0 aromatic rings. The third kappa shape index (κ3) is 11.1. The molecule has 32 heteroatoms. The van der Waals surface area contributed by atoms with Crippen LogP contribution in [0.15, 0.2) is 0 Å². The van der Waals surface area contributed by atoms with Crippen LogP contribution in [0.25, 0.3) is 0 Å². The molecule has 71 heavy (non-hydrogen) atoms. The van der Waals surface area contributed by atoms with E-state index in [2.05, 4.69) is 0 Å². The highest BCUT2D eigenvalue weighted by Crippen LogP contribution is 2.39. The van der Waals surface area contributed by atoms with E-state index in [-0.39, 0.29) is 0 Å². The normalized spacial score (nSPS) is 53.9. The molecule has 0 radical (unpaired) electrons. The monoisotopic (exact) mass is 1040 g/mol. The number of aliphatic hydroxyl groups excluding tert-OH is 15. The molecule has 31 atom stereocenters. The number of carboxylic acids is 2. The van der Waals surface area contributed by atoms with E-state index in [1.807, 2.05) is 0 Å². The SMILES string of the molecule is C[C@@H]1O[C@@H](O[C@@H]2[C@@H](O)[C@H](O[C@H]3[C@H](O)[C@@H](O)O[C@@H](C)[C@H]3O[C@@H]3O[C@H](CO)[C@H](O)[C@H](O[C@@H]4O[C@H](C(=O)O)[C@@H](O[C@@H]5O[C@@H]6COC(C)(C(=O)O)O[C@@H]6[C@H](O)[C@H]5O)[C@H](O)[C@H]4O)[C@H]3O)O[C@H](CO)[C@H]2O)[C@@H](O)[C@H](O)[C@@H]1O. The number of fused-ring (bicyclic) bond motifs is 1. The van der Waals surface area contributed by atoms with Gasteiger partial charge in [-0.15, -0.1) is 0 Å². The summed E-state index contributed by atoms with van der Waals surface area (Å²) in [5.41, 5.74) is 0. The molecule has 410 valence electrons. The number of aliphatic carboxylic acids is 2. The predicted molar refractivity (Wildman–Crippen MR) is 211 cm³/mol. The van der Waals surface area contributed by atoms with Crippen LogP contribution >= 0.6 is 0 Å². The maximum atomic E-state index is 12.6. The average Bonchev–Trinajstić information content (AvgIpc) is 3.32. The van der Waals surface area contributed by atoms with Crippen LogP contribution in [0.4, 0.5) is 0 Å². The first-order chi connectivity index (χ1) is 33.3. The molecule has 0 amide bonds. The van der Waals surface area contributed by atoms with Crippen molar-refractivity contribution in [1.29, 1.82) is 0 Å². The van der Waals surface area contributed by atoms with Crippen LogP contribution in [0.3, 0.4) is 0 Å². The van der Waals surface area contributed by atoms with E-state index < -0.39 is 222 Å². The third-order valence-corrected chi connectivity index (χ3v) is 13.4. The van der Waals surface area contributed by atoms with Gasteiger partial charge in [-0.3, -0.25) is 0 Å². The number of rotatable bonds is 14. The minimum absolute atomic E-state index is 0.535. The van der Waals surface area contributed by atoms with Crippen molar-refractivity contribution < 1.29 is 158 Å². The molecule has 0 bridgehead atoms. The molecule has 7 saturated heterocycles. The maximum Gasteiger partial charge on any atom is 0.364 e. The lowest BCUT2D eigenvalue weighted by atomic mass is 9.95. The molecule has 0 saturated carbocycles. The highest BCUT2D eigenvalue weighted by atomic mass is 16.8. The minimum Gasteiger partial charge on any atom is -0.479 e. The Morgan fingerprint density at radius 1 is 0.479 bits per heavy atom. The van der Waals surface area contributed by atoms with Gasteiger partial charge in [0.2, 0.25) is 0 Å². The summed E-state index contributed by atoms with van der Waals surface area (Å²) in [6, 6.07) is 0. The van der Waals surface area contributed by atoms with E-state index >= 15 is 0 Å². The number of carbonyl (C=O) groups is 2. The summed E-state index contributed by atoms with van der Waals surface area (Å²) in [4.78, 5) is 24.2. The van der Waals surface area contributed by atoms with E-state index in [1.54, 1.807) is 0 Å². The van der Waals surface area contributed by atoms with Gasteiger partial charge in [-0.05, 0) is 13.8 Å². The van der Waals surface area contributed by atoms with Crippen molar-refractivity contribution in [2.45, 2.75) is 211 Å². The van der Waals surface area contributed by atoms with Crippen molar-refractivity contribution in [3.05, 3.63) is 0 Å². The second-order valence-corrected chi connectivity index (χ2v) is 18.2. The Kier molecular flexibility index (Phi) is 18.0. The fraction of sp³-hybridized carbons (Fsp3) is 0.949. The van der Waals surface area contributed by atoms with Crippen LogP contribution in [0, 0.1) is 0 Å². The number of aliphatic hydroxyl groups is 15. The molecule has 7 heterocycles. The number of carboxylic acid groups (broad SMARTS) is 2. The first kappa shape index (κ1) is 56.5. The lowest BCUT2D eigenvalue weighted by Gasteiger charge is -2.50. The van der Waals surface area contributed by atoms with E-state index in [4.69, 9.17) is 61.6 Å². The van der Waals surface area contributed by atoms with Crippen LogP contribution in [-0.2, 0) is 71.2 Å². The quantitative estimate of drug-likeness (QED) is 0.0768. The Hall–Kier alpha value is -2.18. The Morgan fingerprint density at radius 2 is 0.944 bits per heavy atom. The first-order valence-electron chi connectivity index (χ1n) is 22.4. The number of hydrogen-bond donors (Lipinski definition) is 17. The molecule has 7 aliphatic rings. The summed E-state index contributed by atoms with van der Waals surface area (Å²) >= 11 is 0. The van der Waals surface area contributed by atoms with Gasteiger partial charge in [-0.1, -0.05) is 0 Å². The highest BCUT2D eigenvalue weighted by molar-refractivity contribution is 5.75. The summed E-state index contributed by atoms with van der Waals surface area (Å²) in [5, 5.41) is 182. The zero-order valence-electron chi connectivity index (χ0n) is 37.7. The van der Waals surface area contributed by atoms with Crippen LogP contribution < -0.4 is 0 Å². The minimum atomic E-state index is -2.33. The Balaban J connectivity index is 1.05. The van der Waals surface area contributed by atoms with Gasteiger partial charge >= 0.3 is 11.9 Å². The van der Waals surface area contributed by atoms with E-state index in [0.717, 1.165) is 6.92 Å². The van der Waals surface area contributed by atoms with Crippen molar-refractivity contribution >= 4 is 11.9 Å². The summed E-state index contributed by atoms with van der Waals surface area (Å²) in [7, 11) is 0. The molecule has 0 aromatic carbocycles. The van der Waals surface area contributed by atoms with Crippen LogP contribution in [-0.4, -0.2) is 309 Å². The van der Waals surface area contributed by atoms with E-state index in [1.165, 1.54) is 13.8 Å². The summed E-state index contributed by atoms with van der Waals surface area (Å²) in [6.07, 6.45) is -57.3. The molecule has 7 aliphatic heterocycles. The molecule has 32 nitrogen and oxygen atoms in total. The summed E-state index contributed by atoms with van der Waals surface area (Å²) in [5.74, 6) is -5.69. The molecule has 0 spiro atoms. The molecular weight excluding hydrogens is 980 g/mol. The molecule has 1 unspecified atom stereocenters. The van der Waals surface area contributed by atoms with Gasteiger partial charge in [-0.25, -0.2) is 9.59 Å². The Labute approximate surface area is 400 Å².